The van der Waals surface area contributed by atoms with Crippen molar-refractivity contribution >= 4 is 28.7 Å². The van der Waals surface area contributed by atoms with Crippen LogP contribution in [0.3, 0.4) is 0 Å². The number of para-hydroxylation sites is 1. The number of carbonyl (C=O) groups excluding carboxylic acids is 1. The van der Waals surface area contributed by atoms with Crippen molar-refractivity contribution in [2.75, 3.05) is 16.8 Å². The molecule has 1 N–H and O–H groups in total. The zero-order valence-corrected chi connectivity index (χ0v) is 21.2. The standard InChI is InChI=1S/C28H24FN7OS/c29-21-10-3-1-8-19(21)28-32-23(18-38-28)20-9-2-4-11-22(20)31-27(37)24-12-5-6-16-35(24)25-13-14-26(34-33-25)36-17-7-15-30-36/h1-4,7-11,13-15,17-18,24H,5-6,12,16H2,(H,31,37). The lowest BCUT2D eigenvalue weighted by Gasteiger charge is -2.35. The number of amides is 1. The lowest BCUT2D eigenvalue weighted by atomic mass is 10.0. The van der Waals surface area contributed by atoms with Gasteiger partial charge in [-0.15, -0.1) is 21.5 Å². The first-order chi connectivity index (χ1) is 18.7. The molecule has 1 aliphatic heterocycles. The van der Waals surface area contributed by atoms with Gasteiger partial charge in [0.1, 0.15) is 16.9 Å². The van der Waals surface area contributed by atoms with Gasteiger partial charge in [-0.25, -0.2) is 14.1 Å². The third-order valence-corrected chi connectivity index (χ3v) is 7.42. The number of nitrogens with one attached hydrogen (secondary N) is 1. The molecule has 38 heavy (non-hydrogen) atoms. The molecule has 190 valence electrons. The average Bonchev–Trinajstić information content (AvgIpc) is 3.67. The van der Waals surface area contributed by atoms with Gasteiger partial charge in [0, 0.05) is 35.4 Å². The average molecular weight is 526 g/mol. The summed E-state index contributed by atoms with van der Waals surface area (Å²) < 4.78 is 15.9. The molecular formula is C28H24FN7OS. The largest absolute Gasteiger partial charge is 0.343 e. The number of benzene rings is 2. The summed E-state index contributed by atoms with van der Waals surface area (Å²) in [6.07, 6.45) is 6.13. The highest BCUT2D eigenvalue weighted by molar-refractivity contribution is 7.13. The lowest BCUT2D eigenvalue weighted by molar-refractivity contribution is -0.117. The minimum atomic E-state index is -0.383. The Bertz CT molecular complexity index is 1550. The molecule has 0 saturated carbocycles. The Morgan fingerprint density at radius 2 is 1.74 bits per heavy atom. The van der Waals surface area contributed by atoms with Crippen LogP contribution in [0.15, 0.2) is 84.5 Å². The molecule has 8 nitrogen and oxygen atoms in total. The SMILES string of the molecule is O=C(Nc1ccccc1-c1csc(-c2ccccc2F)n1)C1CCCCN1c1ccc(-n2cccn2)nn1. The van der Waals surface area contributed by atoms with Crippen LogP contribution in [0.4, 0.5) is 15.9 Å². The molecule has 1 fully saturated rings. The van der Waals surface area contributed by atoms with Crippen molar-refractivity contribution in [3.63, 3.8) is 0 Å². The topological polar surface area (TPSA) is 88.8 Å². The second-order valence-electron chi connectivity index (χ2n) is 8.96. The van der Waals surface area contributed by atoms with E-state index in [0.29, 0.717) is 46.6 Å². The minimum absolute atomic E-state index is 0.111. The van der Waals surface area contributed by atoms with Crippen LogP contribution in [-0.2, 0) is 4.79 Å². The molecule has 1 aliphatic rings. The summed E-state index contributed by atoms with van der Waals surface area (Å²) in [5.41, 5.74) is 2.59. The summed E-state index contributed by atoms with van der Waals surface area (Å²) in [5, 5.41) is 18.5. The number of carbonyl (C=O) groups is 1. The molecule has 0 bridgehead atoms. The maximum atomic E-state index is 14.3. The van der Waals surface area contributed by atoms with E-state index in [9.17, 15) is 9.18 Å². The van der Waals surface area contributed by atoms with Crippen molar-refractivity contribution in [3.05, 3.63) is 90.3 Å². The molecule has 3 aromatic heterocycles. The summed E-state index contributed by atoms with van der Waals surface area (Å²) in [6.45, 7) is 0.716. The first kappa shape index (κ1) is 23.9. The van der Waals surface area contributed by atoms with Crippen LogP contribution in [0.25, 0.3) is 27.6 Å². The van der Waals surface area contributed by atoms with Crippen LogP contribution < -0.4 is 10.2 Å². The monoisotopic (exact) mass is 525 g/mol. The van der Waals surface area contributed by atoms with Crippen LogP contribution in [0.5, 0.6) is 0 Å². The van der Waals surface area contributed by atoms with Crippen molar-refractivity contribution < 1.29 is 9.18 Å². The lowest BCUT2D eigenvalue weighted by Crippen LogP contribution is -2.47. The van der Waals surface area contributed by atoms with Crippen LogP contribution in [0.2, 0.25) is 0 Å². The van der Waals surface area contributed by atoms with Crippen LogP contribution in [0, 0.1) is 5.82 Å². The van der Waals surface area contributed by atoms with Crippen LogP contribution >= 0.6 is 11.3 Å². The van der Waals surface area contributed by atoms with Gasteiger partial charge < -0.3 is 10.2 Å². The predicted molar refractivity (Wildman–Crippen MR) is 146 cm³/mol. The third-order valence-electron chi connectivity index (χ3n) is 6.54. The third kappa shape index (κ3) is 4.78. The maximum Gasteiger partial charge on any atom is 0.247 e. The van der Waals surface area contributed by atoms with Gasteiger partial charge in [-0.1, -0.05) is 30.3 Å². The summed E-state index contributed by atoms with van der Waals surface area (Å²) in [4.78, 5) is 20.3. The smallest absolute Gasteiger partial charge is 0.247 e. The molecule has 1 amide bonds. The number of piperidine rings is 1. The number of aromatic nitrogens is 5. The zero-order chi connectivity index (χ0) is 25.9. The summed E-state index contributed by atoms with van der Waals surface area (Å²) in [6, 6.07) is 19.3. The van der Waals surface area contributed by atoms with E-state index in [-0.39, 0.29) is 17.8 Å². The summed E-state index contributed by atoms with van der Waals surface area (Å²) in [7, 11) is 0. The number of nitrogens with zero attached hydrogens (tertiary/aromatic N) is 6. The molecule has 1 atom stereocenters. The Balaban J connectivity index is 1.23. The Kier molecular flexibility index (Phi) is 6.62. The van der Waals surface area contributed by atoms with E-state index in [0.717, 1.165) is 18.4 Å². The van der Waals surface area contributed by atoms with E-state index in [4.69, 9.17) is 0 Å². The molecular weight excluding hydrogens is 501 g/mol. The fourth-order valence-electron chi connectivity index (χ4n) is 4.66. The van der Waals surface area contributed by atoms with Crippen molar-refractivity contribution in [2.45, 2.75) is 25.3 Å². The minimum Gasteiger partial charge on any atom is -0.343 e. The van der Waals surface area contributed by atoms with Gasteiger partial charge >= 0.3 is 0 Å². The fourth-order valence-corrected chi connectivity index (χ4v) is 5.51. The Morgan fingerprint density at radius 3 is 2.53 bits per heavy atom. The van der Waals surface area contributed by atoms with E-state index >= 15 is 0 Å². The van der Waals surface area contributed by atoms with Gasteiger partial charge in [0.25, 0.3) is 0 Å². The van der Waals surface area contributed by atoms with Gasteiger partial charge in [-0.2, -0.15) is 5.10 Å². The van der Waals surface area contributed by atoms with Crippen molar-refractivity contribution in [1.29, 1.82) is 0 Å². The van der Waals surface area contributed by atoms with E-state index in [2.05, 4.69) is 25.6 Å². The van der Waals surface area contributed by atoms with Crippen molar-refractivity contribution in [2.24, 2.45) is 0 Å². The molecule has 5 aromatic rings. The van der Waals surface area contributed by atoms with E-state index < -0.39 is 0 Å². The van der Waals surface area contributed by atoms with E-state index in [1.54, 1.807) is 35.3 Å². The van der Waals surface area contributed by atoms with Gasteiger partial charge in [0.2, 0.25) is 5.91 Å². The number of rotatable bonds is 6. The molecule has 0 radical (unpaired) electrons. The summed E-state index contributed by atoms with van der Waals surface area (Å²) in [5.74, 6) is 0.847. The highest BCUT2D eigenvalue weighted by Crippen LogP contribution is 2.34. The van der Waals surface area contributed by atoms with Gasteiger partial charge in [-0.3, -0.25) is 4.79 Å². The highest BCUT2D eigenvalue weighted by atomic mass is 32.1. The molecule has 6 rings (SSSR count). The first-order valence-corrected chi connectivity index (χ1v) is 13.3. The number of thiazole rings is 1. The van der Waals surface area contributed by atoms with Crippen LogP contribution in [-0.4, -0.2) is 43.5 Å². The Hall–Kier alpha value is -4.44. The number of anilines is 2. The normalized spacial score (nSPS) is 15.4. The maximum absolute atomic E-state index is 14.3. The molecule has 10 heteroatoms. The molecule has 1 unspecified atom stereocenters. The van der Waals surface area contributed by atoms with Gasteiger partial charge in [0.15, 0.2) is 11.6 Å². The van der Waals surface area contributed by atoms with E-state index in [1.165, 1.54) is 17.4 Å². The zero-order valence-electron chi connectivity index (χ0n) is 20.4. The second-order valence-corrected chi connectivity index (χ2v) is 9.82. The van der Waals surface area contributed by atoms with Crippen molar-refractivity contribution in [3.8, 4) is 27.6 Å². The first-order valence-electron chi connectivity index (χ1n) is 12.4. The van der Waals surface area contributed by atoms with Gasteiger partial charge in [-0.05, 0) is 55.7 Å². The molecule has 0 aliphatic carbocycles. The number of hydrogen-bond donors (Lipinski definition) is 1. The highest BCUT2D eigenvalue weighted by Gasteiger charge is 2.30. The Morgan fingerprint density at radius 1 is 0.947 bits per heavy atom. The number of hydrogen-bond acceptors (Lipinski definition) is 7. The molecule has 2 aromatic carbocycles. The molecule has 1 saturated heterocycles. The predicted octanol–water partition coefficient (Wildman–Crippen LogP) is 5.59. The van der Waals surface area contributed by atoms with Crippen molar-refractivity contribution in [1.82, 2.24) is 25.0 Å². The molecule has 4 heterocycles. The number of halogens is 1. The van der Waals surface area contributed by atoms with E-state index in [1.807, 2.05) is 52.7 Å². The molecule has 0 spiro atoms. The Labute approximate surface area is 222 Å². The van der Waals surface area contributed by atoms with Crippen LogP contribution in [0.1, 0.15) is 19.3 Å². The fraction of sp³-hybridized carbons (Fsp3) is 0.179. The quantitative estimate of drug-likeness (QED) is 0.311. The second kappa shape index (κ2) is 10.5. The van der Waals surface area contributed by atoms with Gasteiger partial charge in [0.05, 0.1) is 11.4 Å². The summed E-state index contributed by atoms with van der Waals surface area (Å²) >= 11 is 1.37.